The third-order valence-corrected chi connectivity index (χ3v) is 4.45. The molecule has 2 aromatic rings. The smallest absolute Gasteiger partial charge is 0.335 e. The maximum Gasteiger partial charge on any atom is 0.335 e. The fraction of sp³-hybridized carbons (Fsp3) is 0.158. The van der Waals surface area contributed by atoms with E-state index >= 15 is 0 Å². The number of aromatic carboxylic acids is 1. The molecule has 0 spiro atoms. The minimum atomic E-state index is -0.951. The van der Waals surface area contributed by atoms with Crippen molar-refractivity contribution in [3.05, 3.63) is 76.6 Å². The molecule has 0 radical (unpaired) electrons. The van der Waals surface area contributed by atoms with E-state index in [-0.39, 0.29) is 11.5 Å². The van der Waals surface area contributed by atoms with Crippen LogP contribution in [0.25, 0.3) is 0 Å². The summed E-state index contributed by atoms with van der Waals surface area (Å²) < 4.78 is 0. The van der Waals surface area contributed by atoms with E-state index in [0.717, 1.165) is 22.4 Å². The lowest BCUT2D eigenvalue weighted by Crippen LogP contribution is -2.31. The third-order valence-electron chi connectivity index (χ3n) is 4.45. The standard InChI is InChI=1S/C19H15N3O3/c23-18(16-3-1-2-8-20-16)22-10-14-9-21-17(15(14)11-22)12-4-6-13(7-5-12)19(24)25/h1-8H,9-11H2,(H,24,25). The Bertz CT molecular complexity index is 915. The molecular formula is C19H15N3O3. The summed E-state index contributed by atoms with van der Waals surface area (Å²) in [5.41, 5.74) is 4.61. The van der Waals surface area contributed by atoms with E-state index in [0.29, 0.717) is 25.3 Å². The van der Waals surface area contributed by atoms with Crippen molar-refractivity contribution in [3.8, 4) is 0 Å². The van der Waals surface area contributed by atoms with Crippen molar-refractivity contribution in [1.82, 2.24) is 9.88 Å². The predicted molar refractivity (Wildman–Crippen MR) is 92.0 cm³/mol. The van der Waals surface area contributed by atoms with Crippen molar-refractivity contribution in [3.63, 3.8) is 0 Å². The van der Waals surface area contributed by atoms with Gasteiger partial charge in [0.05, 0.1) is 17.8 Å². The predicted octanol–water partition coefficient (Wildman–Crippen LogP) is 2.04. The Morgan fingerprint density at radius 2 is 1.84 bits per heavy atom. The van der Waals surface area contributed by atoms with E-state index in [1.165, 1.54) is 0 Å². The topological polar surface area (TPSA) is 82.9 Å². The van der Waals surface area contributed by atoms with Gasteiger partial charge < -0.3 is 10.0 Å². The fourth-order valence-corrected chi connectivity index (χ4v) is 3.17. The van der Waals surface area contributed by atoms with Crippen LogP contribution in [0.2, 0.25) is 0 Å². The number of carbonyl (C=O) groups excluding carboxylic acids is 1. The maximum atomic E-state index is 12.6. The van der Waals surface area contributed by atoms with Crippen molar-refractivity contribution in [2.24, 2.45) is 4.99 Å². The van der Waals surface area contributed by atoms with Gasteiger partial charge >= 0.3 is 5.97 Å². The van der Waals surface area contributed by atoms with Crippen LogP contribution in [0.5, 0.6) is 0 Å². The molecule has 0 aliphatic carbocycles. The summed E-state index contributed by atoms with van der Waals surface area (Å²) >= 11 is 0. The Labute approximate surface area is 144 Å². The molecule has 1 aromatic heterocycles. The average molecular weight is 333 g/mol. The second-order valence-electron chi connectivity index (χ2n) is 6.01. The van der Waals surface area contributed by atoms with Crippen molar-refractivity contribution in [1.29, 1.82) is 0 Å². The van der Waals surface area contributed by atoms with Crippen molar-refractivity contribution in [2.75, 3.05) is 19.6 Å². The van der Waals surface area contributed by atoms with Crippen molar-refractivity contribution in [2.45, 2.75) is 0 Å². The first-order valence-electron chi connectivity index (χ1n) is 7.93. The average Bonchev–Trinajstić information content (AvgIpc) is 3.22. The molecule has 25 heavy (non-hydrogen) atoms. The fourth-order valence-electron chi connectivity index (χ4n) is 3.17. The molecule has 6 nitrogen and oxygen atoms in total. The van der Waals surface area contributed by atoms with Gasteiger partial charge in [-0.1, -0.05) is 18.2 Å². The number of benzene rings is 1. The molecule has 6 heteroatoms. The molecule has 1 amide bonds. The number of aromatic nitrogens is 1. The van der Waals surface area contributed by atoms with Crippen molar-refractivity contribution >= 4 is 17.6 Å². The molecule has 0 unspecified atom stereocenters. The third kappa shape index (κ3) is 2.71. The second-order valence-corrected chi connectivity index (χ2v) is 6.01. The van der Waals surface area contributed by atoms with Crippen molar-refractivity contribution < 1.29 is 14.7 Å². The van der Waals surface area contributed by atoms with E-state index < -0.39 is 5.97 Å². The highest BCUT2D eigenvalue weighted by atomic mass is 16.4. The van der Waals surface area contributed by atoms with E-state index in [1.807, 2.05) is 0 Å². The number of carboxylic acids is 1. The number of rotatable bonds is 3. The largest absolute Gasteiger partial charge is 0.478 e. The van der Waals surface area contributed by atoms with Gasteiger partial charge in [-0.15, -0.1) is 0 Å². The normalized spacial score (nSPS) is 16.0. The molecule has 124 valence electrons. The Hall–Kier alpha value is -3.28. The Kier molecular flexibility index (Phi) is 3.65. The number of carboxylic acid groups (broad SMARTS) is 1. The highest BCUT2D eigenvalue weighted by molar-refractivity contribution is 6.16. The molecule has 3 heterocycles. The zero-order chi connectivity index (χ0) is 17.4. The number of aliphatic imine (C=N–C) groups is 1. The van der Waals surface area contributed by atoms with E-state index in [9.17, 15) is 9.59 Å². The highest BCUT2D eigenvalue weighted by Crippen LogP contribution is 2.28. The van der Waals surface area contributed by atoms with Crippen LogP contribution in [0, 0.1) is 0 Å². The summed E-state index contributed by atoms with van der Waals surface area (Å²) in [5, 5.41) is 9.01. The summed E-state index contributed by atoms with van der Waals surface area (Å²) in [6.07, 6.45) is 1.61. The lowest BCUT2D eigenvalue weighted by molar-refractivity contribution is 0.0696. The quantitative estimate of drug-likeness (QED) is 0.932. The summed E-state index contributed by atoms with van der Waals surface area (Å²) in [4.78, 5) is 34.0. The van der Waals surface area contributed by atoms with Crippen LogP contribution in [0.3, 0.4) is 0 Å². The van der Waals surface area contributed by atoms with Gasteiger partial charge in [0.2, 0.25) is 0 Å². The molecule has 2 aliphatic rings. The molecule has 2 aliphatic heterocycles. The minimum absolute atomic E-state index is 0.0874. The summed E-state index contributed by atoms with van der Waals surface area (Å²) in [6.45, 7) is 1.65. The van der Waals surface area contributed by atoms with Crippen LogP contribution < -0.4 is 0 Å². The Balaban J connectivity index is 1.53. The molecule has 0 bridgehead atoms. The lowest BCUT2D eigenvalue weighted by Gasteiger charge is -2.17. The number of carbonyl (C=O) groups is 2. The van der Waals surface area contributed by atoms with Gasteiger partial charge in [-0.25, -0.2) is 4.79 Å². The molecule has 0 fully saturated rings. The molecule has 1 aromatic carbocycles. The Morgan fingerprint density at radius 1 is 1.04 bits per heavy atom. The van der Waals surface area contributed by atoms with Gasteiger partial charge in [0.15, 0.2) is 0 Å². The zero-order valence-corrected chi connectivity index (χ0v) is 13.3. The summed E-state index contributed by atoms with van der Waals surface area (Å²) in [5.74, 6) is -1.04. The molecule has 0 saturated heterocycles. The molecular weight excluding hydrogens is 318 g/mol. The maximum absolute atomic E-state index is 12.6. The molecule has 4 rings (SSSR count). The van der Waals surface area contributed by atoms with Gasteiger partial charge in [-0.3, -0.25) is 14.8 Å². The number of hydrogen-bond acceptors (Lipinski definition) is 4. The SMILES string of the molecule is O=C(O)c1ccc(C2=NCC3=C2CN(C(=O)c2ccccn2)C3)cc1. The monoisotopic (exact) mass is 333 g/mol. The molecule has 0 saturated carbocycles. The number of amides is 1. The van der Waals surface area contributed by atoms with Gasteiger partial charge in [0.25, 0.3) is 5.91 Å². The number of pyridine rings is 1. The van der Waals surface area contributed by atoms with Crippen LogP contribution >= 0.6 is 0 Å². The van der Waals surface area contributed by atoms with Gasteiger partial charge in [-0.2, -0.15) is 0 Å². The van der Waals surface area contributed by atoms with Crippen LogP contribution in [0.1, 0.15) is 26.4 Å². The van der Waals surface area contributed by atoms with E-state index in [1.54, 1.807) is 53.6 Å². The summed E-state index contributed by atoms with van der Waals surface area (Å²) in [6, 6.07) is 12.0. The first-order valence-corrected chi connectivity index (χ1v) is 7.93. The Morgan fingerprint density at radius 3 is 2.52 bits per heavy atom. The first-order chi connectivity index (χ1) is 12.1. The first kappa shape index (κ1) is 15.3. The minimum Gasteiger partial charge on any atom is -0.478 e. The summed E-state index contributed by atoms with van der Waals surface area (Å²) in [7, 11) is 0. The van der Waals surface area contributed by atoms with Crippen LogP contribution in [-0.4, -0.2) is 52.2 Å². The van der Waals surface area contributed by atoms with Crippen LogP contribution in [0.15, 0.2) is 64.8 Å². The lowest BCUT2D eigenvalue weighted by atomic mass is 10.0. The van der Waals surface area contributed by atoms with Gasteiger partial charge in [0, 0.05) is 30.4 Å². The van der Waals surface area contributed by atoms with Gasteiger partial charge in [-0.05, 0) is 29.8 Å². The zero-order valence-electron chi connectivity index (χ0n) is 13.3. The molecule has 1 N–H and O–H groups in total. The number of hydrogen-bond donors (Lipinski definition) is 1. The van der Waals surface area contributed by atoms with E-state index in [4.69, 9.17) is 5.11 Å². The second kappa shape index (κ2) is 5.98. The van der Waals surface area contributed by atoms with Crippen LogP contribution in [0.4, 0.5) is 0 Å². The van der Waals surface area contributed by atoms with Gasteiger partial charge in [0.1, 0.15) is 5.69 Å². The molecule has 0 atom stereocenters. The van der Waals surface area contributed by atoms with Crippen LogP contribution in [-0.2, 0) is 0 Å². The highest BCUT2D eigenvalue weighted by Gasteiger charge is 2.32. The number of nitrogens with zero attached hydrogens (tertiary/aromatic N) is 3. The van der Waals surface area contributed by atoms with E-state index in [2.05, 4.69) is 9.98 Å².